The van der Waals surface area contributed by atoms with E-state index in [0.29, 0.717) is 10.7 Å². The Bertz CT molecular complexity index is 779. The second kappa shape index (κ2) is 6.59. The summed E-state index contributed by atoms with van der Waals surface area (Å²) >= 11 is 1.30. The second-order valence-corrected chi connectivity index (χ2v) is 8.32. The minimum Gasteiger partial charge on any atom is -0.356 e. The first-order valence-electron chi connectivity index (χ1n) is 9.30. The summed E-state index contributed by atoms with van der Waals surface area (Å²) in [7, 11) is 0. The van der Waals surface area contributed by atoms with Gasteiger partial charge in [0.1, 0.15) is 11.3 Å². The third-order valence-electron chi connectivity index (χ3n) is 6.03. The Morgan fingerprint density at radius 3 is 3.00 bits per heavy atom. The van der Waals surface area contributed by atoms with Crippen molar-refractivity contribution < 1.29 is 4.79 Å². The van der Waals surface area contributed by atoms with Crippen LogP contribution in [0.1, 0.15) is 29.6 Å². The van der Waals surface area contributed by atoms with Crippen molar-refractivity contribution in [1.29, 1.82) is 0 Å². The number of pyridine rings is 1. The maximum atomic E-state index is 12.2. The van der Waals surface area contributed by atoms with Gasteiger partial charge in [0.25, 0.3) is 5.91 Å². The molecule has 3 aliphatic heterocycles. The number of fused-ring (bicyclic) bond motifs is 3. The molecule has 0 saturated carbocycles. The van der Waals surface area contributed by atoms with Gasteiger partial charge in [-0.1, -0.05) is 17.8 Å². The van der Waals surface area contributed by atoms with Crippen molar-refractivity contribution >= 4 is 28.2 Å². The molecule has 2 aromatic heterocycles. The van der Waals surface area contributed by atoms with E-state index in [-0.39, 0.29) is 5.91 Å². The van der Waals surface area contributed by atoms with Crippen molar-refractivity contribution in [3.63, 3.8) is 0 Å². The van der Waals surface area contributed by atoms with E-state index in [0.717, 1.165) is 36.8 Å². The summed E-state index contributed by atoms with van der Waals surface area (Å²) in [4.78, 5) is 21.9. The zero-order chi connectivity index (χ0) is 17.5. The minimum absolute atomic E-state index is 0.197. The number of nitrogens with one attached hydrogen (secondary N) is 1. The molecule has 0 bridgehead atoms. The Morgan fingerprint density at radius 2 is 2.19 bits per heavy atom. The van der Waals surface area contributed by atoms with Crippen LogP contribution in [0, 0.1) is 11.8 Å². The SMILES string of the molecule is O=C(Nc1nncs1)c1ccc(N2CC3CN4CCCCC4C3C2)nc1. The van der Waals surface area contributed by atoms with Gasteiger partial charge in [-0.15, -0.1) is 10.2 Å². The van der Waals surface area contributed by atoms with E-state index >= 15 is 0 Å². The summed E-state index contributed by atoms with van der Waals surface area (Å²) in [5, 5.41) is 10.8. The fraction of sp³-hybridized carbons (Fsp3) is 0.556. The van der Waals surface area contributed by atoms with Crippen LogP contribution in [-0.4, -0.2) is 58.2 Å². The summed E-state index contributed by atoms with van der Waals surface area (Å²) in [6, 6.07) is 4.59. The predicted molar refractivity (Wildman–Crippen MR) is 101 cm³/mol. The highest BCUT2D eigenvalue weighted by atomic mass is 32.1. The highest BCUT2D eigenvalue weighted by Gasteiger charge is 2.47. The van der Waals surface area contributed by atoms with Crippen LogP contribution in [0.15, 0.2) is 23.8 Å². The number of rotatable bonds is 3. The summed E-state index contributed by atoms with van der Waals surface area (Å²) in [6.45, 7) is 4.71. The summed E-state index contributed by atoms with van der Waals surface area (Å²) in [5.74, 6) is 2.32. The average Bonchev–Trinajstić information content (AvgIpc) is 3.38. The summed E-state index contributed by atoms with van der Waals surface area (Å²) in [6.07, 6.45) is 5.75. The predicted octanol–water partition coefficient (Wildman–Crippen LogP) is 2.11. The number of carbonyl (C=O) groups is 1. The zero-order valence-electron chi connectivity index (χ0n) is 14.5. The van der Waals surface area contributed by atoms with Gasteiger partial charge < -0.3 is 4.90 Å². The largest absolute Gasteiger partial charge is 0.356 e. The molecule has 3 fully saturated rings. The molecule has 0 aromatic carbocycles. The highest BCUT2D eigenvalue weighted by Crippen LogP contribution is 2.41. The van der Waals surface area contributed by atoms with Crippen molar-refractivity contribution in [3.8, 4) is 0 Å². The molecule has 3 unspecified atom stereocenters. The Kier molecular flexibility index (Phi) is 4.09. The molecule has 0 spiro atoms. The van der Waals surface area contributed by atoms with Crippen LogP contribution >= 0.6 is 11.3 Å². The van der Waals surface area contributed by atoms with Gasteiger partial charge in [0.2, 0.25) is 5.13 Å². The molecule has 5 heterocycles. The molecule has 1 N–H and O–H groups in total. The second-order valence-electron chi connectivity index (χ2n) is 7.49. The fourth-order valence-electron chi connectivity index (χ4n) is 4.85. The summed E-state index contributed by atoms with van der Waals surface area (Å²) in [5.41, 5.74) is 2.14. The number of hydrogen-bond donors (Lipinski definition) is 1. The molecular formula is C18H22N6OS. The third-order valence-corrected chi connectivity index (χ3v) is 6.64. The Balaban J connectivity index is 1.25. The number of piperidine rings is 1. The molecule has 136 valence electrons. The van der Waals surface area contributed by atoms with Crippen molar-refractivity contribution in [2.45, 2.75) is 25.3 Å². The van der Waals surface area contributed by atoms with Gasteiger partial charge in [-0.2, -0.15) is 0 Å². The molecule has 7 nitrogen and oxygen atoms in total. The topological polar surface area (TPSA) is 74.2 Å². The maximum absolute atomic E-state index is 12.2. The Labute approximate surface area is 156 Å². The van der Waals surface area contributed by atoms with Gasteiger partial charge in [0, 0.05) is 31.9 Å². The third kappa shape index (κ3) is 2.87. The van der Waals surface area contributed by atoms with Crippen molar-refractivity contribution in [2.24, 2.45) is 11.8 Å². The van der Waals surface area contributed by atoms with Crippen LogP contribution in [0.4, 0.5) is 10.9 Å². The van der Waals surface area contributed by atoms with Crippen molar-refractivity contribution in [3.05, 3.63) is 29.4 Å². The zero-order valence-corrected chi connectivity index (χ0v) is 15.4. The lowest BCUT2D eigenvalue weighted by Crippen LogP contribution is -2.40. The minimum atomic E-state index is -0.197. The standard InChI is InChI=1S/C18H22N6OS/c25-17(21-18-22-20-11-26-18)12-4-5-16(19-7-12)24-9-13-8-23-6-2-1-3-15(23)14(13)10-24/h4-5,7,11,13-15H,1-3,6,8-10H2,(H,21,22,25). The highest BCUT2D eigenvalue weighted by molar-refractivity contribution is 7.13. The molecular weight excluding hydrogens is 348 g/mol. The number of carbonyl (C=O) groups excluding carboxylic acids is 1. The van der Waals surface area contributed by atoms with E-state index in [1.165, 1.54) is 43.7 Å². The molecule has 2 aromatic rings. The molecule has 1 amide bonds. The van der Waals surface area contributed by atoms with Gasteiger partial charge >= 0.3 is 0 Å². The monoisotopic (exact) mass is 370 g/mol. The van der Waals surface area contributed by atoms with E-state index in [1.807, 2.05) is 12.1 Å². The number of hydrogen-bond acceptors (Lipinski definition) is 7. The van der Waals surface area contributed by atoms with Gasteiger partial charge in [-0.05, 0) is 43.4 Å². The van der Waals surface area contributed by atoms with Gasteiger partial charge in [0.05, 0.1) is 5.56 Å². The van der Waals surface area contributed by atoms with Crippen LogP contribution in [0.5, 0.6) is 0 Å². The molecule has 3 aliphatic rings. The molecule has 5 rings (SSSR count). The van der Waals surface area contributed by atoms with Crippen LogP contribution in [0.25, 0.3) is 0 Å². The lowest BCUT2D eigenvalue weighted by atomic mass is 9.90. The smallest absolute Gasteiger partial charge is 0.259 e. The maximum Gasteiger partial charge on any atom is 0.259 e. The Hall–Kier alpha value is -2.06. The fourth-order valence-corrected chi connectivity index (χ4v) is 5.29. The van der Waals surface area contributed by atoms with Crippen LogP contribution in [0.3, 0.4) is 0 Å². The van der Waals surface area contributed by atoms with E-state index in [1.54, 1.807) is 11.7 Å². The first kappa shape index (κ1) is 16.1. The Morgan fingerprint density at radius 1 is 1.23 bits per heavy atom. The van der Waals surface area contributed by atoms with E-state index in [4.69, 9.17) is 0 Å². The van der Waals surface area contributed by atoms with Crippen LogP contribution < -0.4 is 10.2 Å². The lowest BCUT2D eigenvalue weighted by Gasteiger charge is -2.33. The molecule has 3 saturated heterocycles. The van der Waals surface area contributed by atoms with Gasteiger partial charge in [0.15, 0.2) is 0 Å². The molecule has 0 radical (unpaired) electrons. The first-order chi connectivity index (χ1) is 12.8. The first-order valence-corrected chi connectivity index (χ1v) is 10.2. The van der Waals surface area contributed by atoms with Crippen molar-refractivity contribution in [2.75, 3.05) is 36.4 Å². The quantitative estimate of drug-likeness (QED) is 0.892. The van der Waals surface area contributed by atoms with Gasteiger partial charge in [-0.25, -0.2) is 4.98 Å². The molecule has 8 heteroatoms. The number of nitrogens with zero attached hydrogens (tertiary/aromatic N) is 5. The molecule has 3 atom stereocenters. The van der Waals surface area contributed by atoms with Crippen LogP contribution in [0.2, 0.25) is 0 Å². The van der Waals surface area contributed by atoms with Gasteiger partial charge in [-0.3, -0.25) is 15.0 Å². The van der Waals surface area contributed by atoms with E-state index < -0.39 is 0 Å². The van der Waals surface area contributed by atoms with Crippen molar-refractivity contribution in [1.82, 2.24) is 20.1 Å². The molecule has 26 heavy (non-hydrogen) atoms. The summed E-state index contributed by atoms with van der Waals surface area (Å²) < 4.78 is 0. The average molecular weight is 370 g/mol. The van der Waals surface area contributed by atoms with Crippen LogP contribution in [-0.2, 0) is 0 Å². The van der Waals surface area contributed by atoms with E-state index in [2.05, 4.69) is 30.3 Å². The molecule has 0 aliphatic carbocycles. The lowest BCUT2D eigenvalue weighted by molar-refractivity contribution is 0.102. The number of anilines is 2. The number of amides is 1. The normalized spacial score (nSPS) is 28.0. The van der Waals surface area contributed by atoms with E-state index in [9.17, 15) is 4.79 Å². The number of aromatic nitrogens is 3.